The van der Waals surface area contributed by atoms with Crippen LogP contribution in [0, 0.1) is 0 Å². The van der Waals surface area contributed by atoms with E-state index in [1.165, 1.54) is 19.5 Å². The molecule has 1 rings (SSSR count). The number of ether oxygens (including phenoxy) is 1. The molecule has 0 N–H and O–H groups in total. The number of aromatic nitrogens is 1. The first kappa shape index (κ1) is 16.2. The number of hydrogen-bond acceptors (Lipinski definition) is 5. The molecule has 9 heteroatoms. The van der Waals surface area contributed by atoms with E-state index in [0.29, 0.717) is 11.3 Å². The van der Waals surface area contributed by atoms with Crippen LogP contribution >= 0.6 is 11.3 Å². The van der Waals surface area contributed by atoms with Gasteiger partial charge in [0.1, 0.15) is 6.54 Å². The van der Waals surface area contributed by atoms with E-state index in [1.54, 1.807) is 0 Å². The lowest BCUT2D eigenvalue weighted by atomic mass is 10.4. The molecule has 0 bridgehead atoms. The van der Waals surface area contributed by atoms with Crippen LogP contribution in [0.25, 0.3) is 6.08 Å². The van der Waals surface area contributed by atoms with Gasteiger partial charge in [0.25, 0.3) is 0 Å². The second-order valence-electron chi connectivity index (χ2n) is 3.68. The molecule has 0 spiro atoms. The van der Waals surface area contributed by atoms with Crippen molar-refractivity contribution in [3.8, 4) is 0 Å². The Morgan fingerprint density at radius 1 is 1.50 bits per heavy atom. The molecule has 110 valence electrons. The molecule has 0 radical (unpaired) electrons. The molecule has 0 saturated heterocycles. The summed E-state index contributed by atoms with van der Waals surface area (Å²) in [6.07, 6.45) is -2.30. The lowest BCUT2D eigenvalue weighted by molar-refractivity contribution is -0.144. The van der Waals surface area contributed by atoms with Crippen molar-refractivity contribution in [1.29, 1.82) is 0 Å². The number of rotatable bonds is 4. The quantitative estimate of drug-likeness (QED) is 0.629. The minimum atomic E-state index is -4.50. The van der Waals surface area contributed by atoms with Gasteiger partial charge in [0, 0.05) is 18.5 Å². The molecule has 0 fully saturated rings. The van der Waals surface area contributed by atoms with Gasteiger partial charge in [0.15, 0.2) is 5.01 Å². The summed E-state index contributed by atoms with van der Waals surface area (Å²) in [5.74, 6) is -1.14. The molecule has 5 nitrogen and oxygen atoms in total. The number of nitrogens with zero attached hydrogens (tertiary/aromatic N) is 2. The number of alkyl halides is 3. The van der Waals surface area contributed by atoms with Crippen molar-refractivity contribution in [1.82, 2.24) is 9.88 Å². The molecular formula is C11H11F3N2O3S. The molecule has 0 aliphatic heterocycles. The zero-order chi connectivity index (χ0) is 15.3. The number of amides is 1. The van der Waals surface area contributed by atoms with Gasteiger partial charge in [-0.2, -0.15) is 13.2 Å². The van der Waals surface area contributed by atoms with Crippen molar-refractivity contribution in [3.63, 3.8) is 0 Å². The maximum Gasteiger partial charge on any atom is 0.443 e. The Bertz CT molecular complexity index is 525. The van der Waals surface area contributed by atoms with E-state index >= 15 is 0 Å². The molecule has 0 aliphatic rings. The van der Waals surface area contributed by atoms with Crippen LogP contribution in [0.2, 0.25) is 0 Å². The number of methoxy groups -OCH3 is 1. The molecule has 1 amide bonds. The third-order valence-corrected chi connectivity index (χ3v) is 3.04. The molecule has 0 aromatic carbocycles. The normalized spacial score (nSPS) is 11.7. The number of likely N-dealkylation sites (N-methyl/N-ethyl adjacent to an activating group) is 1. The monoisotopic (exact) mass is 308 g/mol. The average molecular weight is 308 g/mol. The molecule has 1 aromatic rings. The predicted octanol–water partition coefficient (Wildman–Crippen LogP) is 1.81. The first-order valence-corrected chi connectivity index (χ1v) is 6.14. The standard InChI is InChI=1S/C11H11F3N2O3S/c1-16(5-9(18)19-2)8(17)4-3-7-6-20-10(15-7)11(12,13)14/h3-4,6H,5H2,1-2H3/b4-3+. The zero-order valence-electron chi connectivity index (χ0n) is 10.6. The van der Waals surface area contributed by atoms with Gasteiger partial charge in [-0.3, -0.25) is 9.59 Å². The minimum absolute atomic E-state index is 0.0298. The minimum Gasteiger partial charge on any atom is -0.468 e. The van der Waals surface area contributed by atoms with Crippen LogP contribution in [0.15, 0.2) is 11.5 Å². The van der Waals surface area contributed by atoms with Gasteiger partial charge in [-0.25, -0.2) is 4.98 Å². The molecule has 1 aromatic heterocycles. The fraction of sp³-hybridized carbons (Fsp3) is 0.364. The smallest absolute Gasteiger partial charge is 0.443 e. The third-order valence-electron chi connectivity index (χ3n) is 2.13. The van der Waals surface area contributed by atoms with Crippen LogP contribution in [0.5, 0.6) is 0 Å². The summed E-state index contributed by atoms with van der Waals surface area (Å²) in [5, 5.41) is 0.208. The molecule has 0 unspecified atom stereocenters. The lowest BCUT2D eigenvalue weighted by Crippen LogP contribution is -2.31. The summed E-state index contributed by atoms with van der Waals surface area (Å²) in [7, 11) is 2.55. The van der Waals surface area contributed by atoms with Gasteiger partial charge in [-0.05, 0) is 6.08 Å². The summed E-state index contributed by atoms with van der Waals surface area (Å²) in [6.45, 7) is -0.245. The summed E-state index contributed by atoms with van der Waals surface area (Å²) in [4.78, 5) is 26.9. The second-order valence-corrected chi connectivity index (χ2v) is 4.54. The number of hydrogen-bond donors (Lipinski definition) is 0. The molecular weight excluding hydrogens is 297 g/mol. The molecule has 20 heavy (non-hydrogen) atoms. The van der Waals surface area contributed by atoms with Gasteiger partial charge in [0.2, 0.25) is 5.91 Å². The number of carbonyl (C=O) groups excluding carboxylic acids is 2. The van der Waals surface area contributed by atoms with Crippen molar-refractivity contribution in [2.24, 2.45) is 0 Å². The average Bonchev–Trinajstić information content (AvgIpc) is 2.84. The highest BCUT2D eigenvalue weighted by Crippen LogP contribution is 2.31. The van der Waals surface area contributed by atoms with Gasteiger partial charge in [-0.1, -0.05) is 0 Å². The van der Waals surface area contributed by atoms with E-state index < -0.39 is 23.1 Å². The summed E-state index contributed by atoms with van der Waals surface area (Å²) in [5.41, 5.74) is 0.0298. The maximum absolute atomic E-state index is 12.3. The highest BCUT2D eigenvalue weighted by atomic mass is 32.1. The summed E-state index contributed by atoms with van der Waals surface area (Å²) < 4.78 is 41.3. The van der Waals surface area contributed by atoms with Crippen molar-refractivity contribution in [2.45, 2.75) is 6.18 Å². The Labute approximate surface area is 116 Å². The topological polar surface area (TPSA) is 59.5 Å². The van der Waals surface area contributed by atoms with Gasteiger partial charge in [-0.15, -0.1) is 11.3 Å². The number of thiazole rings is 1. The van der Waals surface area contributed by atoms with E-state index in [1.807, 2.05) is 0 Å². The van der Waals surface area contributed by atoms with E-state index in [2.05, 4.69) is 9.72 Å². The largest absolute Gasteiger partial charge is 0.468 e. The number of halogens is 3. The summed E-state index contributed by atoms with van der Waals surface area (Å²) >= 11 is 0.444. The number of carbonyl (C=O) groups is 2. The Morgan fingerprint density at radius 2 is 2.15 bits per heavy atom. The Balaban J connectivity index is 2.66. The molecule has 0 saturated carbocycles. The van der Waals surface area contributed by atoms with Crippen LogP contribution in [-0.4, -0.2) is 42.5 Å². The van der Waals surface area contributed by atoms with Crippen molar-refractivity contribution >= 4 is 29.3 Å². The lowest BCUT2D eigenvalue weighted by Gasteiger charge is -2.12. The van der Waals surface area contributed by atoms with Crippen LogP contribution in [0.4, 0.5) is 13.2 Å². The number of esters is 1. The molecule has 0 atom stereocenters. The molecule has 0 aliphatic carbocycles. The first-order chi connectivity index (χ1) is 9.24. The van der Waals surface area contributed by atoms with Crippen LogP contribution in [0.1, 0.15) is 10.7 Å². The Kier molecular flexibility index (Phi) is 5.26. The van der Waals surface area contributed by atoms with E-state index in [4.69, 9.17) is 0 Å². The van der Waals surface area contributed by atoms with Gasteiger partial charge >= 0.3 is 12.1 Å². The third kappa shape index (κ3) is 4.65. The Hall–Kier alpha value is -1.90. The van der Waals surface area contributed by atoms with Crippen LogP contribution < -0.4 is 0 Å². The highest BCUT2D eigenvalue weighted by Gasteiger charge is 2.34. The zero-order valence-corrected chi connectivity index (χ0v) is 11.4. The predicted molar refractivity (Wildman–Crippen MR) is 65.8 cm³/mol. The Morgan fingerprint density at radius 3 is 2.65 bits per heavy atom. The van der Waals surface area contributed by atoms with E-state index in [-0.39, 0.29) is 12.2 Å². The molecule has 1 heterocycles. The van der Waals surface area contributed by atoms with Crippen LogP contribution in [-0.2, 0) is 20.5 Å². The second kappa shape index (κ2) is 6.51. The fourth-order valence-electron chi connectivity index (χ4n) is 1.11. The van der Waals surface area contributed by atoms with Crippen molar-refractivity contribution in [2.75, 3.05) is 20.7 Å². The highest BCUT2D eigenvalue weighted by molar-refractivity contribution is 7.09. The maximum atomic E-state index is 12.3. The van der Waals surface area contributed by atoms with Crippen molar-refractivity contribution < 1.29 is 27.5 Å². The fourth-order valence-corrected chi connectivity index (χ4v) is 1.77. The van der Waals surface area contributed by atoms with Gasteiger partial charge in [0.05, 0.1) is 12.8 Å². The first-order valence-electron chi connectivity index (χ1n) is 5.26. The van der Waals surface area contributed by atoms with Crippen molar-refractivity contribution in [3.05, 3.63) is 22.2 Å². The van der Waals surface area contributed by atoms with E-state index in [9.17, 15) is 22.8 Å². The SMILES string of the molecule is COC(=O)CN(C)C(=O)/C=C/c1csc(C(F)(F)F)n1. The van der Waals surface area contributed by atoms with Gasteiger partial charge < -0.3 is 9.64 Å². The summed E-state index contributed by atoms with van der Waals surface area (Å²) in [6, 6.07) is 0. The van der Waals surface area contributed by atoms with E-state index in [0.717, 1.165) is 17.1 Å². The van der Waals surface area contributed by atoms with Crippen LogP contribution in [0.3, 0.4) is 0 Å².